The van der Waals surface area contributed by atoms with E-state index in [9.17, 15) is 9.59 Å². The maximum Gasteiger partial charge on any atom is 0.179 e. The summed E-state index contributed by atoms with van der Waals surface area (Å²) in [6.07, 6.45) is 0.858. The third-order valence-electron chi connectivity index (χ3n) is 5.66. The van der Waals surface area contributed by atoms with Gasteiger partial charge in [0, 0.05) is 0 Å². The topological polar surface area (TPSA) is 43.4 Å². The van der Waals surface area contributed by atoms with Crippen LogP contribution in [0.15, 0.2) is 42.5 Å². The second-order valence-corrected chi connectivity index (χ2v) is 7.47. The molecule has 2 heterocycles. The minimum atomic E-state index is -0.805. The van der Waals surface area contributed by atoms with Crippen LogP contribution in [0.3, 0.4) is 0 Å². The third kappa shape index (κ3) is 2.46. The summed E-state index contributed by atoms with van der Waals surface area (Å²) in [5.74, 6) is -0.834. The fraction of sp³-hybridized carbons (Fsp3) is 0.364. The fourth-order valence-corrected chi connectivity index (χ4v) is 4.34. The lowest BCUT2D eigenvalue weighted by Gasteiger charge is -2.34. The van der Waals surface area contributed by atoms with Crippen LogP contribution in [0, 0.1) is 13.8 Å². The number of benzene rings is 2. The monoisotopic (exact) mass is 334 g/mol. The van der Waals surface area contributed by atoms with E-state index in [0.717, 1.165) is 27.8 Å². The van der Waals surface area contributed by atoms with Crippen molar-refractivity contribution in [2.24, 2.45) is 0 Å². The Kier molecular flexibility index (Phi) is 3.66. The van der Waals surface area contributed by atoms with E-state index in [1.54, 1.807) is 0 Å². The van der Waals surface area contributed by atoms with Gasteiger partial charge in [0.25, 0.3) is 0 Å². The largest absolute Gasteiger partial charge is 0.356 e. The van der Waals surface area contributed by atoms with Gasteiger partial charge in [0.05, 0.1) is 0 Å². The summed E-state index contributed by atoms with van der Waals surface area (Å²) in [7, 11) is 0. The highest BCUT2D eigenvalue weighted by Gasteiger charge is 2.56. The molecule has 0 radical (unpaired) electrons. The summed E-state index contributed by atoms with van der Waals surface area (Å²) in [5, 5.41) is 0. The molecule has 3 atom stereocenters. The van der Waals surface area contributed by atoms with Crippen molar-refractivity contribution in [2.45, 2.75) is 51.2 Å². The number of ketones is 2. The molecule has 2 saturated heterocycles. The summed E-state index contributed by atoms with van der Waals surface area (Å²) in [5.41, 5.74) is 4.31. The van der Waals surface area contributed by atoms with Gasteiger partial charge in [-0.3, -0.25) is 9.59 Å². The maximum atomic E-state index is 13.0. The van der Waals surface area contributed by atoms with E-state index in [1.807, 2.05) is 39.0 Å². The van der Waals surface area contributed by atoms with Gasteiger partial charge in [-0.15, -0.1) is 0 Å². The van der Waals surface area contributed by atoms with Crippen molar-refractivity contribution in [3.63, 3.8) is 0 Å². The normalized spacial score (nSPS) is 28.4. The van der Waals surface area contributed by atoms with Crippen LogP contribution in [-0.4, -0.2) is 23.3 Å². The molecule has 2 aliphatic rings. The highest BCUT2D eigenvalue weighted by molar-refractivity contribution is 6.15. The molecule has 2 fully saturated rings. The van der Waals surface area contributed by atoms with Crippen molar-refractivity contribution in [2.75, 3.05) is 0 Å². The SMILES string of the molecule is Cc1cc(-c2ccccc2)cc(C)c1C1C(=O)[C@@H]2CC[C@@](C)(O2)C1=O. The van der Waals surface area contributed by atoms with Gasteiger partial charge in [-0.25, -0.2) is 0 Å². The lowest BCUT2D eigenvalue weighted by molar-refractivity contribution is -0.160. The van der Waals surface area contributed by atoms with Crippen LogP contribution < -0.4 is 0 Å². The van der Waals surface area contributed by atoms with Crippen molar-refractivity contribution >= 4 is 11.6 Å². The van der Waals surface area contributed by atoms with Gasteiger partial charge in [-0.05, 0) is 61.4 Å². The van der Waals surface area contributed by atoms with Crippen LogP contribution in [0.5, 0.6) is 0 Å². The summed E-state index contributed by atoms with van der Waals surface area (Å²) < 4.78 is 5.73. The molecule has 4 rings (SSSR count). The molecule has 128 valence electrons. The molecule has 3 heteroatoms. The predicted molar refractivity (Wildman–Crippen MR) is 96.6 cm³/mol. The molecule has 2 aliphatic heterocycles. The number of hydrogen-bond donors (Lipinski definition) is 0. The second kappa shape index (κ2) is 5.63. The predicted octanol–water partition coefficient (Wildman–Crippen LogP) is 4.14. The number of hydrogen-bond acceptors (Lipinski definition) is 3. The van der Waals surface area contributed by atoms with E-state index in [-0.39, 0.29) is 11.6 Å². The van der Waals surface area contributed by atoms with E-state index in [2.05, 4.69) is 24.3 Å². The average molecular weight is 334 g/mol. The zero-order chi connectivity index (χ0) is 17.8. The lowest BCUT2D eigenvalue weighted by atomic mass is 9.77. The molecule has 2 aromatic rings. The molecule has 1 unspecified atom stereocenters. The molecule has 0 spiro atoms. The van der Waals surface area contributed by atoms with Crippen molar-refractivity contribution in [1.82, 2.24) is 0 Å². The number of ether oxygens (including phenoxy) is 1. The molecule has 0 N–H and O–H groups in total. The highest BCUT2D eigenvalue weighted by Crippen LogP contribution is 2.44. The molecule has 0 aliphatic carbocycles. The lowest BCUT2D eigenvalue weighted by Crippen LogP contribution is -2.49. The van der Waals surface area contributed by atoms with Crippen molar-refractivity contribution in [3.05, 3.63) is 59.2 Å². The summed E-state index contributed by atoms with van der Waals surface area (Å²) in [6, 6.07) is 14.3. The second-order valence-electron chi connectivity index (χ2n) is 7.47. The molecule has 25 heavy (non-hydrogen) atoms. The van der Waals surface area contributed by atoms with Gasteiger partial charge in [0.2, 0.25) is 0 Å². The first kappa shape index (κ1) is 16.2. The van der Waals surface area contributed by atoms with Gasteiger partial charge in [-0.2, -0.15) is 0 Å². The molecule has 2 aromatic carbocycles. The standard InChI is InChI=1S/C22H22O3/c1-13-11-16(15-7-5-4-6-8-15)12-14(2)18(13)19-20(23)17-9-10-22(3,25-17)21(19)24/h4-8,11-12,17,19H,9-10H2,1-3H3/t17-,19?,22+/m0/s1. The van der Waals surface area contributed by atoms with Crippen LogP contribution >= 0.6 is 0 Å². The number of carbonyl (C=O) groups is 2. The van der Waals surface area contributed by atoms with Crippen LogP contribution in [-0.2, 0) is 14.3 Å². The average Bonchev–Trinajstić information content (AvgIpc) is 2.97. The first-order valence-electron chi connectivity index (χ1n) is 8.83. The van der Waals surface area contributed by atoms with Gasteiger partial charge in [-0.1, -0.05) is 42.5 Å². The Morgan fingerprint density at radius 2 is 1.64 bits per heavy atom. The number of rotatable bonds is 2. The van der Waals surface area contributed by atoms with Crippen molar-refractivity contribution in [1.29, 1.82) is 0 Å². The van der Waals surface area contributed by atoms with Crippen LogP contribution in [0.4, 0.5) is 0 Å². The molecular formula is C22H22O3. The molecular weight excluding hydrogens is 312 g/mol. The quantitative estimate of drug-likeness (QED) is 0.775. The number of carbonyl (C=O) groups excluding carboxylic acids is 2. The highest BCUT2D eigenvalue weighted by atomic mass is 16.5. The number of Topliss-reactive ketones (excluding diaryl/α,β-unsaturated/α-hetero) is 2. The minimum absolute atomic E-state index is 0.0707. The smallest absolute Gasteiger partial charge is 0.179 e. The Hall–Kier alpha value is -2.26. The van der Waals surface area contributed by atoms with Crippen molar-refractivity contribution in [3.8, 4) is 11.1 Å². The molecule has 2 bridgehead atoms. The van der Waals surface area contributed by atoms with Crippen LogP contribution in [0.2, 0.25) is 0 Å². The zero-order valence-corrected chi connectivity index (χ0v) is 14.8. The van der Waals surface area contributed by atoms with E-state index < -0.39 is 17.6 Å². The van der Waals surface area contributed by atoms with Gasteiger partial charge < -0.3 is 4.74 Å². The number of aryl methyl sites for hydroxylation is 2. The Morgan fingerprint density at radius 1 is 1.00 bits per heavy atom. The fourth-order valence-electron chi connectivity index (χ4n) is 4.34. The summed E-state index contributed by atoms with van der Waals surface area (Å²) in [6.45, 7) is 5.82. The summed E-state index contributed by atoms with van der Waals surface area (Å²) >= 11 is 0. The van der Waals surface area contributed by atoms with E-state index in [0.29, 0.717) is 12.8 Å². The maximum absolute atomic E-state index is 13.0. The van der Waals surface area contributed by atoms with E-state index >= 15 is 0 Å². The molecule has 0 amide bonds. The van der Waals surface area contributed by atoms with Gasteiger partial charge in [0.15, 0.2) is 11.6 Å². The molecule has 3 nitrogen and oxygen atoms in total. The first-order valence-corrected chi connectivity index (χ1v) is 8.83. The van der Waals surface area contributed by atoms with E-state index in [4.69, 9.17) is 4.74 Å². The Morgan fingerprint density at radius 3 is 2.28 bits per heavy atom. The van der Waals surface area contributed by atoms with Crippen LogP contribution in [0.1, 0.15) is 42.4 Å². The Bertz CT molecular complexity index is 845. The Labute approximate surface area is 148 Å². The van der Waals surface area contributed by atoms with Gasteiger partial charge >= 0.3 is 0 Å². The van der Waals surface area contributed by atoms with E-state index in [1.165, 1.54) is 0 Å². The molecule has 0 saturated carbocycles. The minimum Gasteiger partial charge on any atom is -0.356 e. The molecule has 0 aromatic heterocycles. The number of fused-ring (bicyclic) bond motifs is 2. The van der Waals surface area contributed by atoms with Gasteiger partial charge in [0.1, 0.15) is 17.6 Å². The van der Waals surface area contributed by atoms with Crippen LogP contribution in [0.25, 0.3) is 11.1 Å². The Balaban J connectivity index is 1.81. The zero-order valence-electron chi connectivity index (χ0n) is 14.8. The summed E-state index contributed by atoms with van der Waals surface area (Å²) in [4.78, 5) is 25.9. The first-order chi connectivity index (χ1) is 11.9. The van der Waals surface area contributed by atoms with Crippen molar-refractivity contribution < 1.29 is 14.3 Å². The third-order valence-corrected chi connectivity index (χ3v) is 5.66.